The van der Waals surface area contributed by atoms with Gasteiger partial charge in [-0.25, -0.2) is 4.39 Å². The number of aromatic nitrogens is 1. The van der Waals surface area contributed by atoms with Crippen molar-refractivity contribution in [3.63, 3.8) is 0 Å². The molecule has 0 saturated carbocycles. The van der Waals surface area contributed by atoms with E-state index in [4.69, 9.17) is 5.26 Å². The maximum Gasteiger partial charge on any atom is 0.369 e. The van der Waals surface area contributed by atoms with Crippen molar-refractivity contribution in [1.82, 2.24) is 0 Å². The van der Waals surface area contributed by atoms with Crippen LogP contribution < -0.4 is 9.57 Å². The lowest BCUT2D eigenvalue weighted by molar-refractivity contribution is -0.889. The van der Waals surface area contributed by atoms with E-state index in [1.54, 1.807) is 0 Å². The third-order valence-corrected chi connectivity index (χ3v) is 1.25. The van der Waals surface area contributed by atoms with Crippen LogP contribution in [-0.4, -0.2) is 7.11 Å². The predicted octanol–water partition coefficient (Wildman–Crippen LogP) is 0.182. The molecule has 0 atom stereocenters. The molecule has 0 N–H and O–H groups in total. The van der Waals surface area contributed by atoms with Crippen molar-refractivity contribution in [2.75, 3.05) is 7.11 Å². The number of nitriles is 1. The summed E-state index contributed by atoms with van der Waals surface area (Å²) in [7, 11) is 1.21. The molecule has 0 amide bonds. The highest BCUT2D eigenvalue weighted by Gasteiger charge is 2.19. The van der Waals surface area contributed by atoms with E-state index < -0.39 is 11.6 Å². The van der Waals surface area contributed by atoms with E-state index in [2.05, 4.69) is 4.84 Å². The fourth-order valence-corrected chi connectivity index (χ4v) is 0.755. The number of pyridine rings is 1. The molecular weight excluding hydrogens is 166 g/mol. The van der Waals surface area contributed by atoms with E-state index >= 15 is 0 Å². The summed E-state index contributed by atoms with van der Waals surface area (Å²) in [4.78, 5) is 4.51. The Balaban J connectivity index is 3.36. The number of hydrogen-bond donors (Lipinski definition) is 0. The molecule has 62 valence electrons. The molecule has 0 aliphatic heterocycles. The van der Waals surface area contributed by atoms with Gasteiger partial charge in [0, 0.05) is 10.8 Å². The van der Waals surface area contributed by atoms with Crippen LogP contribution in [0.15, 0.2) is 12.3 Å². The molecule has 3 nitrogen and oxygen atoms in total. The molecule has 0 radical (unpaired) electrons. The van der Waals surface area contributed by atoms with Crippen LogP contribution in [0.4, 0.5) is 8.78 Å². The summed E-state index contributed by atoms with van der Waals surface area (Å²) in [6, 6.07) is 2.16. The van der Waals surface area contributed by atoms with Gasteiger partial charge < -0.3 is 0 Å². The van der Waals surface area contributed by atoms with Crippen LogP contribution >= 0.6 is 0 Å². The van der Waals surface area contributed by atoms with Crippen LogP contribution in [0.5, 0.6) is 0 Å². The molecule has 1 heterocycles. The van der Waals surface area contributed by atoms with Gasteiger partial charge in [-0.2, -0.15) is 9.65 Å². The maximum atomic E-state index is 12.7. The first-order chi connectivity index (χ1) is 5.69. The molecule has 0 fully saturated rings. The quantitative estimate of drug-likeness (QED) is 0.565. The fourth-order valence-electron chi connectivity index (χ4n) is 0.755. The van der Waals surface area contributed by atoms with Crippen molar-refractivity contribution in [1.29, 1.82) is 5.26 Å². The lowest BCUT2D eigenvalue weighted by Gasteiger charge is -1.93. The van der Waals surface area contributed by atoms with Crippen molar-refractivity contribution < 1.29 is 18.3 Å². The smallest absolute Gasteiger partial charge is 0.273 e. The monoisotopic (exact) mass is 171 g/mol. The van der Waals surface area contributed by atoms with Gasteiger partial charge >= 0.3 is 5.69 Å². The molecular formula is C7H5F2N2O+. The SMILES string of the molecule is CO[n+]1cc(F)cc(F)c1C#N. The Morgan fingerprint density at radius 1 is 1.58 bits per heavy atom. The van der Waals surface area contributed by atoms with Crippen LogP contribution in [-0.2, 0) is 0 Å². The third-order valence-electron chi connectivity index (χ3n) is 1.25. The second-order valence-corrected chi connectivity index (χ2v) is 1.98. The fraction of sp³-hybridized carbons (Fsp3) is 0.143. The van der Waals surface area contributed by atoms with Crippen molar-refractivity contribution in [2.45, 2.75) is 0 Å². The summed E-state index contributed by atoms with van der Waals surface area (Å²) < 4.78 is 25.9. The summed E-state index contributed by atoms with van der Waals surface area (Å²) in [5, 5.41) is 8.41. The summed E-state index contributed by atoms with van der Waals surface area (Å²) in [6.07, 6.45) is 0.877. The van der Waals surface area contributed by atoms with Gasteiger partial charge in [0.2, 0.25) is 5.82 Å². The molecule has 0 bridgehead atoms. The van der Waals surface area contributed by atoms with Crippen molar-refractivity contribution in [2.24, 2.45) is 0 Å². The van der Waals surface area contributed by atoms with E-state index in [1.807, 2.05) is 0 Å². The highest BCUT2D eigenvalue weighted by molar-refractivity contribution is 5.16. The zero-order chi connectivity index (χ0) is 9.14. The van der Waals surface area contributed by atoms with Gasteiger partial charge in [-0.05, 0) is 0 Å². The molecule has 1 rings (SSSR count). The summed E-state index contributed by atoms with van der Waals surface area (Å²) in [6.45, 7) is 0. The highest BCUT2D eigenvalue weighted by Crippen LogP contribution is 2.01. The largest absolute Gasteiger partial charge is 0.369 e. The van der Waals surface area contributed by atoms with Gasteiger partial charge in [-0.3, -0.25) is 4.84 Å². The molecule has 0 aliphatic rings. The molecule has 0 unspecified atom stereocenters. The maximum absolute atomic E-state index is 12.7. The van der Waals surface area contributed by atoms with Crippen LogP contribution in [0.1, 0.15) is 5.69 Å². The highest BCUT2D eigenvalue weighted by atomic mass is 19.1. The topological polar surface area (TPSA) is 36.9 Å². The van der Waals surface area contributed by atoms with Gasteiger partial charge in [0.1, 0.15) is 7.11 Å². The average molecular weight is 171 g/mol. The second-order valence-electron chi connectivity index (χ2n) is 1.98. The van der Waals surface area contributed by atoms with Gasteiger partial charge in [0.25, 0.3) is 6.20 Å². The summed E-state index contributed by atoms with van der Waals surface area (Å²) >= 11 is 0. The lowest BCUT2D eigenvalue weighted by atomic mass is 10.3. The predicted molar refractivity (Wildman–Crippen MR) is 33.8 cm³/mol. The molecule has 1 aromatic heterocycles. The van der Waals surface area contributed by atoms with Crippen molar-refractivity contribution >= 4 is 0 Å². The van der Waals surface area contributed by atoms with E-state index in [0.717, 1.165) is 10.9 Å². The van der Waals surface area contributed by atoms with E-state index in [0.29, 0.717) is 6.07 Å². The summed E-state index contributed by atoms with van der Waals surface area (Å²) in [5.41, 5.74) is -0.362. The molecule has 5 heteroatoms. The number of rotatable bonds is 1. The van der Waals surface area contributed by atoms with Gasteiger partial charge in [0.05, 0.1) is 0 Å². The van der Waals surface area contributed by atoms with Gasteiger partial charge in [0.15, 0.2) is 11.9 Å². The van der Waals surface area contributed by atoms with Crippen LogP contribution in [0, 0.1) is 23.0 Å². The van der Waals surface area contributed by atoms with Gasteiger partial charge in [-0.15, -0.1) is 0 Å². The molecule has 0 saturated heterocycles. The van der Waals surface area contributed by atoms with Crippen LogP contribution in [0.25, 0.3) is 0 Å². The second kappa shape index (κ2) is 3.13. The first kappa shape index (κ1) is 8.40. The Labute approximate surface area is 67.4 Å². The molecule has 12 heavy (non-hydrogen) atoms. The zero-order valence-electron chi connectivity index (χ0n) is 6.21. The molecule has 0 aromatic carbocycles. The van der Waals surface area contributed by atoms with E-state index in [9.17, 15) is 8.78 Å². The zero-order valence-corrected chi connectivity index (χ0v) is 6.21. The molecule has 0 aliphatic carbocycles. The Morgan fingerprint density at radius 2 is 2.25 bits per heavy atom. The minimum atomic E-state index is -0.945. The molecule has 1 aromatic rings. The first-order valence-corrected chi connectivity index (χ1v) is 3.04. The Hall–Kier alpha value is -1.70. The normalized spacial score (nSPS) is 9.17. The first-order valence-electron chi connectivity index (χ1n) is 3.04. The number of halogens is 2. The Morgan fingerprint density at radius 3 is 2.75 bits per heavy atom. The Kier molecular flexibility index (Phi) is 2.19. The van der Waals surface area contributed by atoms with Crippen LogP contribution in [0.2, 0.25) is 0 Å². The van der Waals surface area contributed by atoms with E-state index in [1.165, 1.54) is 13.2 Å². The number of nitrogens with zero attached hydrogens (tertiary/aromatic N) is 2. The summed E-state index contributed by atoms with van der Waals surface area (Å²) in [5.74, 6) is -1.74. The molecule has 0 spiro atoms. The van der Waals surface area contributed by atoms with Gasteiger partial charge in [-0.1, -0.05) is 0 Å². The van der Waals surface area contributed by atoms with Crippen molar-refractivity contribution in [3.05, 3.63) is 29.6 Å². The number of hydrogen-bond acceptors (Lipinski definition) is 2. The van der Waals surface area contributed by atoms with Crippen LogP contribution in [0.3, 0.4) is 0 Å². The average Bonchev–Trinajstić information content (AvgIpc) is 2.03. The third kappa shape index (κ3) is 1.32. The minimum absolute atomic E-state index is 0.362. The standard InChI is InChI=1S/C7H5F2N2O/c1-12-11-4-5(8)2-6(9)7(11)3-10/h2,4H,1H3/q+1. The van der Waals surface area contributed by atoms with Crippen molar-refractivity contribution in [3.8, 4) is 6.07 Å². The Bertz CT molecular complexity index is 346. The van der Waals surface area contributed by atoms with E-state index in [-0.39, 0.29) is 5.69 Å². The lowest BCUT2D eigenvalue weighted by Crippen LogP contribution is -2.44. The minimum Gasteiger partial charge on any atom is -0.273 e.